The van der Waals surface area contributed by atoms with Crippen molar-refractivity contribution in [1.29, 1.82) is 0 Å². The molecular weight excluding hydrogens is 374 g/mol. The minimum absolute atomic E-state index is 0.251. The Morgan fingerprint density at radius 3 is 1.85 bits per heavy atom. The van der Waals surface area contributed by atoms with E-state index in [4.69, 9.17) is 14.5 Å². The Morgan fingerprint density at radius 2 is 1.35 bits per heavy atom. The van der Waals surface area contributed by atoms with Gasteiger partial charge in [-0.15, -0.1) is 0 Å². The molecule has 0 rings (SSSR count). The highest BCUT2D eigenvalue weighted by molar-refractivity contribution is 7.72. The van der Waals surface area contributed by atoms with Gasteiger partial charge in [-0.25, -0.2) is 0 Å². The van der Waals surface area contributed by atoms with Gasteiger partial charge in [0, 0.05) is 0 Å². The van der Waals surface area contributed by atoms with Gasteiger partial charge in [0.05, 0.1) is 6.61 Å². The maximum absolute atomic E-state index is 11.6. The van der Waals surface area contributed by atoms with E-state index >= 15 is 0 Å². The lowest BCUT2D eigenvalue weighted by Crippen LogP contribution is -2.01. The van der Waals surface area contributed by atoms with Crippen molar-refractivity contribution in [2.24, 2.45) is 0 Å². The molecule has 0 bridgehead atoms. The van der Waals surface area contributed by atoms with Gasteiger partial charge in [-0.1, -0.05) is 34.9 Å². The van der Waals surface area contributed by atoms with Crippen molar-refractivity contribution >= 4 is 15.0 Å². The molecule has 152 valence electrons. The van der Waals surface area contributed by atoms with E-state index in [0.717, 1.165) is 25.7 Å². The molecule has 0 aliphatic carbocycles. The molecule has 0 saturated carbocycles. The molecule has 0 aromatic heterocycles. The second kappa shape index (κ2) is 12.8. The third-order valence-electron chi connectivity index (χ3n) is 3.58. The molecule has 0 aliphatic rings. The van der Waals surface area contributed by atoms with Gasteiger partial charge in [0.15, 0.2) is 0 Å². The Hall–Kier alpha value is -0.480. The maximum atomic E-state index is 11.6. The zero-order valence-corrected chi connectivity index (χ0v) is 18.1. The first kappa shape index (κ1) is 25.5. The van der Waals surface area contributed by atoms with Crippen molar-refractivity contribution in [2.45, 2.75) is 59.8 Å². The SMILES string of the molecule is CC(C)=CCC/C(C)=C/CC/C(C)=C/CCOCP(=O)(O)CP(=O)(O)O. The summed E-state index contributed by atoms with van der Waals surface area (Å²) in [5.74, 6) is -1.03. The molecule has 26 heavy (non-hydrogen) atoms. The third-order valence-corrected chi connectivity index (χ3v) is 7.40. The van der Waals surface area contributed by atoms with Crippen LogP contribution >= 0.6 is 15.0 Å². The van der Waals surface area contributed by atoms with Gasteiger partial charge in [0.25, 0.3) is 0 Å². The Kier molecular flexibility index (Phi) is 12.6. The Morgan fingerprint density at radius 1 is 0.846 bits per heavy atom. The fraction of sp³-hybridized carbons (Fsp3) is 0.667. The van der Waals surface area contributed by atoms with Crippen LogP contribution in [0.4, 0.5) is 0 Å². The van der Waals surface area contributed by atoms with Crippen molar-refractivity contribution in [3.05, 3.63) is 34.9 Å². The smallest absolute Gasteiger partial charge is 0.335 e. The molecule has 8 heteroatoms. The van der Waals surface area contributed by atoms with Crippen LogP contribution in [0, 0.1) is 0 Å². The highest BCUT2D eigenvalue weighted by atomic mass is 31.2. The fourth-order valence-corrected chi connectivity index (χ4v) is 5.31. The summed E-state index contributed by atoms with van der Waals surface area (Å²) in [5.41, 5.74) is 3.96. The molecule has 0 radical (unpaired) electrons. The van der Waals surface area contributed by atoms with Gasteiger partial charge < -0.3 is 19.4 Å². The molecule has 0 saturated heterocycles. The Bertz CT molecular complexity index is 597. The summed E-state index contributed by atoms with van der Waals surface area (Å²) in [6.07, 6.45) is 10.7. The number of hydrogen-bond donors (Lipinski definition) is 3. The Labute approximate surface area is 157 Å². The quantitative estimate of drug-likeness (QED) is 0.220. The number of ether oxygens (including phenoxy) is 1. The first-order valence-corrected chi connectivity index (χ1v) is 12.6. The van der Waals surface area contributed by atoms with E-state index in [2.05, 4.69) is 32.9 Å². The van der Waals surface area contributed by atoms with E-state index in [1.165, 1.54) is 16.7 Å². The van der Waals surface area contributed by atoms with Crippen molar-refractivity contribution < 1.29 is 28.5 Å². The van der Waals surface area contributed by atoms with Crippen LogP contribution in [0.2, 0.25) is 0 Å². The summed E-state index contributed by atoms with van der Waals surface area (Å²) in [6, 6.07) is 0. The third kappa shape index (κ3) is 17.0. The summed E-state index contributed by atoms with van der Waals surface area (Å²) >= 11 is 0. The van der Waals surface area contributed by atoms with Crippen molar-refractivity contribution in [1.82, 2.24) is 0 Å². The molecule has 0 aromatic rings. The average molecular weight is 408 g/mol. The van der Waals surface area contributed by atoms with Gasteiger partial charge in [-0.2, -0.15) is 0 Å². The standard InChI is InChI=1S/C18H34O6P2/c1-16(2)8-5-9-17(3)10-6-11-18(4)12-7-13-24-14-25(19,20)15-26(21,22)23/h8,10,12H,5-7,9,11,13-15H2,1-4H3,(H,19,20)(H2,21,22,23)/b17-10+,18-12+. The zero-order valence-electron chi connectivity index (χ0n) is 16.3. The van der Waals surface area contributed by atoms with Crippen LogP contribution in [-0.2, 0) is 13.9 Å². The summed E-state index contributed by atoms with van der Waals surface area (Å²) < 4.78 is 27.4. The van der Waals surface area contributed by atoms with Crippen LogP contribution < -0.4 is 0 Å². The van der Waals surface area contributed by atoms with Crippen molar-refractivity contribution in [3.63, 3.8) is 0 Å². The molecular formula is C18H34O6P2. The number of allylic oxidation sites excluding steroid dienone is 5. The van der Waals surface area contributed by atoms with Crippen LogP contribution in [0.1, 0.15) is 59.8 Å². The van der Waals surface area contributed by atoms with Crippen molar-refractivity contribution in [3.8, 4) is 0 Å². The normalized spacial score (nSPS) is 15.7. The minimum atomic E-state index is -4.51. The highest BCUT2D eigenvalue weighted by Crippen LogP contribution is 2.54. The van der Waals surface area contributed by atoms with Crippen LogP contribution in [0.5, 0.6) is 0 Å². The first-order chi connectivity index (χ1) is 11.9. The van der Waals surface area contributed by atoms with Gasteiger partial charge in [0.2, 0.25) is 7.37 Å². The monoisotopic (exact) mass is 408 g/mol. The summed E-state index contributed by atoms with van der Waals surface area (Å²) in [4.78, 5) is 26.9. The predicted octanol–water partition coefficient (Wildman–Crippen LogP) is 5.18. The lowest BCUT2D eigenvalue weighted by molar-refractivity contribution is 0.173. The first-order valence-electron chi connectivity index (χ1n) is 8.79. The molecule has 1 unspecified atom stereocenters. The Balaban J connectivity index is 4.00. The maximum Gasteiger partial charge on any atom is 0.335 e. The van der Waals surface area contributed by atoms with Gasteiger partial charge in [-0.3, -0.25) is 9.13 Å². The van der Waals surface area contributed by atoms with E-state index in [9.17, 15) is 14.0 Å². The minimum Gasteiger partial charge on any atom is -0.371 e. The molecule has 6 nitrogen and oxygen atoms in total. The summed E-state index contributed by atoms with van der Waals surface area (Å²) in [7, 11) is -8.45. The topological polar surface area (TPSA) is 104 Å². The molecule has 0 heterocycles. The zero-order chi connectivity index (χ0) is 20.2. The molecule has 0 fully saturated rings. The van der Waals surface area contributed by atoms with E-state index in [1.54, 1.807) is 0 Å². The van der Waals surface area contributed by atoms with Crippen molar-refractivity contribution in [2.75, 3.05) is 18.9 Å². The molecule has 3 N–H and O–H groups in total. The second-order valence-corrected chi connectivity index (χ2v) is 11.3. The van der Waals surface area contributed by atoms with Crippen LogP contribution in [-0.4, -0.2) is 33.5 Å². The summed E-state index contributed by atoms with van der Waals surface area (Å²) in [5, 5.41) is 0. The molecule has 0 amide bonds. The fourth-order valence-electron chi connectivity index (χ4n) is 2.26. The number of rotatable bonds is 13. The van der Waals surface area contributed by atoms with Gasteiger partial charge in [-0.05, 0) is 59.8 Å². The van der Waals surface area contributed by atoms with E-state index < -0.39 is 27.2 Å². The van der Waals surface area contributed by atoms with Crippen LogP contribution in [0.15, 0.2) is 34.9 Å². The van der Waals surface area contributed by atoms with Gasteiger partial charge in [0.1, 0.15) is 12.3 Å². The predicted molar refractivity (Wildman–Crippen MR) is 108 cm³/mol. The highest BCUT2D eigenvalue weighted by Gasteiger charge is 2.29. The van der Waals surface area contributed by atoms with Gasteiger partial charge >= 0.3 is 7.60 Å². The largest absolute Gasteiger partial charge is 0.371 e. The van der Waals surface area contributed by atoms with Crippen LogP contribution in [0.3, 0.4) is 0 Å². The average Bonchev–Trinajstić information content (AvgIpc) is 2.43. The van der Waals surface area contributed by atoms with Crippen LogP contribution in [0.25, 0.3) is 0 Å². The molecule has 0 aliphatic heterocycles. The van der Waals surface area contributed by atoms with E-state index in [-0.39, 0.29) is 6.61 Å². The molecule has 0 aromatic carbocycles. The molecule has 0 spiro atoms. The van der Waals surface area contributed by atoms with E-state index in [1.807, 2.05) is 13.0 Å². The lowest BCUT2D eigenvalue weighted by Gasteiger charge is -2.12. The lowest BCUT2D eigenvalue weighted by atomic mass is 10.1. The summed E-state index contributed by atoms with van der Waals surface area (Å²) in [6.45, 7) is 8.65. The molecule has 1 atom stereocenters. The van der Waals surface area contributed by atoms with E-state index in [0.29, 0.717) is 6.42 Å². The second-order valence-electron chi connectivity index (χ2n) is 6.94. The number of hydrogen-bond acceptors (Lipinski definition) is 3.